The number of phenols is 1. The lowest BCUT2D eigenvalue weighted by Gasteiger charge is -2.21. The van der Waals surface area contributed by atoms with Crippen LogP contribution >= 0.6 is 11.6 Å². The van der Waals surface area contributed by atoms with Crippen LogP contribution in [0.5, 0.6) is 11.5 Å². The quantitative estimate of drug-likeness (QED) is 0.882. The van der Waals surface area contributed by atoms with Crippen LogP contribution in [0.25, 0.3) is 0 Å². The van der Waals surface area contributed by atoms with E-state index in [9.17, 15) is 5.11 Å². The van der Waals surface area contributed by atoms with Crippen LogP contribution in [0.3, 0.4) is 0 Å². The number of hydrogen-bond donors (Lipinski definition) is 2. The average Bonchev–Trinajstić information content (AvgIpc) is 2.71. The third kappa shape index (κ3) is 2.28. The molecule has 1 heterocycles. The van der Waals surface area contributed by atoms with E-state index < -0.39 is 0 Å². The van der Waals surface area contributed by atoms with Gasteiger partial charge in [0, 0.05) is 18.2 Å². The van der Waals surface area contributed by atoms with Crippen LogP contribution < -0.4 is 10.5 Å². The Morgan fingerprint density at radius 2 is 2.28 bits per heavy atom. The summed E-state index contributed by atoms with van der Waals surface area (Å²) in [5.41, 5.74) is 6.58. The second-order valence-corrected chi connectivity index (χ2v) is 5.22. The number of ether oxygens (including phenoxy) is 1. The standard InChI is InChI=1S/C13H19ClN2O2/c1-16-7-8(6-15)5-11(16)9-3-4-10(14)13(18-2)12(9)17/h3-4,8,11,17H,5-7,15H2,1-2H3. The van der Waals surface area contributed by atoms with Crippen LogP contribution in [0.15, 0.2) is 12.1 Å². The Balaban J connectivity index is 2.34. The molecular formula is C13H19ClN2O2. The minimum absolute atomic E-state index is 0.138. The second kappa shape index (κ2) is 5.34. The van der Waals surface area contributed by atoms with Gasteiger partial charge >= 0.3 is 0 Å². The topological polar surface area (TPSA) is 58.7 Å². The molecule has 100 valence electrons. The molecule has 2 rings (SSSR count). The Bertz CT molecular complexity index is 439. The average molecular weight is 271 g/mol. The first-order valence-corrected chi connectivity index (χ1v) is 6.42. The molecule has 0 aromatic heterocycles. The van der Waals surface area contributed by atoms with Gasteiger partial charge in [-0.25, -0.2) is 0 Å². The number of nitrogens with two attached hydrogens (primary N) is 1. The molecule has 1 fully saturated rings. The number of phenolic OH excluding ortho intramolecular Hbond substituents is 1. The van der Waals surface area contributed by atoms with Crippen LogP contribution in [0.2, 0.25) is 5.02 Å². The highest BCUT2D eigenvalue weighted by Crippen LogP contribution is 2.44. The first kappa shape index (κ1) is 13.5. The number of methoxy groups -OCH3 is 1. The normalized spacial score (nSPS) is 24.4. The van der Waals surface area contributed by atoms with Crippen molar-refractivity contribution in [3.05, 3.63) is 22.7 Å². The summed E-state index contributed by atoms with van der Waals surface area (Å²) in [4.78, 5) is 2.21. The van der Waals surface area contributed by atoms with Gasteiger partial charge in [-0.3, -0.25) is 4.90 Å². The maximum Gasteiger partial charge on any atom is 0.179 e. The van der Waals surface area contributed by atoms with E-state index in [1.165, 1.54) is 7.11 Å². The Morgan fingerprint density at radius 1 is 1.56 bits per heavy atom. The Labute approximate surface area is 112 Å². The molecule has 4 nitrogen and oxygen atoms in total. The van der Waals surface area contributed by atoms with Gasteiger partial charge in [0.1, 0.15) is 0 Å². The first-order valence-electron chi connectivity index (χ1n) is 6.04. The monoisotopic (exact) mass is 270 g/mol. The van der Waals surface area contributed by atoms with Crippen LogP contribution in [0.1, 0.15) is 18.0 Å². The summed E-state index contributed by atoms with van der Waals surface area (Å²) in [6.07, 6.45) is 0.950. The highest BCUT2D eigenvalue weighted by Gasteiger charge is 2.32. The zero-order valence-electron chi connectivity index (χ0n) is 10.7. The van der Waals surface area contributed by atoms with Crippen molar-refractivity contribution in [3.8, 4) is 11.5 Å². The maximum atomic E-state index is 10.2. The van der Waals surface area contributed by atoms with E-state index in [4.69, 9.17) is 22.1 Å². The summed E-state index contributed by atoms with van der Waals surface area (Å²) in [6.45, 7) is 1.62. The third-order valence-electron chi connectivity index (χ3n) is 3.65. The van der Waals surface area contributed by atoms with Crippen molar-refractivity contribution in [3.63, 3.8) is 0 Å². The van der Waals surface area contributed by atoms with Gasteiger partial charge in [0.2, 0.25) is 0 Å². The van der Waals surface area contributed by atoms with E-state index in [0.29, 0.717) is 23.2 Å². The molecule has 0 spiro atoms. The van der Waals surface area contributed by atoms with Gasteiger partial charge < -0.3 is 15.6 Å². The smallest absolute Gasteiger partial charge is 0.179 e. The van der Waals surface area contributed by atoms with Gasteiger partial charge in [-0.15, -0.1) is 0 Å². The predicted molar refractivity (Wildman–Crippen MR) is 72.2 cm³/mol. The van der Waals surface area contributed by atoms with Gasteiger partial charge in [-0.2, -0.15) is 0 Å². The van der Waals surface area contributed by atoms with Gasteiger partial charge in [0.05, 0.1) is 12.1 Å². The van der Waals surface area contributed by atoms with E-state index >= 15 is 0 Å². The fourth-order valence-electron chi connectivity index (χ4n) is 2.66. The zero-order valence-corrected chi connectivity index (χ0v) is 11.4. The molecule has 1 aliphatic rings. The van der Waals surface area contributed by atoms with Crippen LogP contribution in [0, 0.1) is 5.92 Å². The minimum atomic E-state index is 0.138. The molecule has 2 atom stereocenters. The van der Waals surface area contributed by atoms with Crippen molar-refractivity contribution in [2.45, 2.75) is 12.5 Å². The van der Waals surface area contributed by atoms with Gasteiger partial charge in [0.15, 0.2) is 11.5 Å². The maximum absolute atomic E-state index is 10.2. The minimum Gasteiger partial charge on any atom is -0.504 e. The van der Waals surface area contributed by atoms with Crippen molar-refractivity contribution in [2.24, 2.45) is 11.7 Å². The third-order valence-corrected chi connectivity index (χ3v) is 3.94. The van der Waals surface area contributed by atoms with Gasteiger partial charge in [-0.1, -0.05) is 17.7 Å². The Hall–Kier alpha value is -0.970. The fraction of sp³-hybridized carbons (Fsp3) is 0.538. The van der Waals surface area contributed by atoms with Crippen molar-refractivity contribution in [2.75, 3.05) is 27.2 Å². The van der Waals surface area contributed by atoms with E-state index in [1.54, 1.807) is 6.07 Å². The van der Waals surface area contributed by atoms with Crippen molar-refractivity contribution in [1.29, 1.82) is 0 Å². The fourth-order valence-corrected chi connectivity index (χ4v) is 2.89. The lowest BCUT2D eigenvalue weighted by atomic mass is 9.99. The largest absolute Gasteiger partial charge is 0.504 e. The van der Waals surface area contributed by atoms with E-state index in [1.807, 2.05) is 13.1 Å². The van der Waals surface area contributed by atoms with Crippen LogP contribution in [0.4, 0.5) is 0 Å². The second-order valence-electron chi connectivity index (χ2n) is 4.81. The first-order chi connectivity index (χ1) is 8.58. The molecule has 0 saturated carbocycles. The van der Waals surface area contributed by atoms with Gasteiger partial charge in [-0.05, 0) is 32.0 Å². The van der Waals surface area contributed by atoms with E-state index in [2.05, 4.69) is 4.90 Å². The van der Waals surface area contributed by atoms with Crippen molar-refractivity contribution >= 4 is 11.6 Å². The molecule has 1 saturated heterocycles. The predicted octanol–water partition coefficient (Wildman–Crippen LogP) is 2.01. The molecule has 0 bridgehead atoms. The summed E-state index contributed by atoms with van der Waals surface area (Å²) in [6, 6.07) is 3.80. The molecule has 0 amide bonds. The molecule has 2 unspecified atom stereocenters. The lowest BCUT2D eigenvalue weighted by Crippen LogP contribution is -2.20. The number of nitrogens with zero attached hydrogens (tertiary/aromatic N) is 1. The molecule has 18 heavy (non-hydrogen) atoms. The summed E-state index contributed by atoms with van der Waals surface area (Å²) < 4.78 is 5.14. The molecule has 5 heteroatoms. The SMILES string of the molecule is COc1c(Cl)ccc(C2CC(CN)CN2C)c1O. The van der Waals surface area contributed by atoms with Crippen LogP contribution in [-0.4, -0.2) is 37.3 Å². The molecule has 1 aromatic carbocycles. The number of rotatable bonds is 3. The lowest BCUT2D eigenvalue weighted by molar-refractivity contribution is 0.300. The zero-order chi connectivity index (χ0) is 13.3. The molecule has 1 aromatic rings. The number of hydrogen-bond acceptors (Lipinski definition) is 4. The number of halogens is 1. The van der Waals surface area contributed by atoms with Crippen molar-refractivity contribution < 1.29 is 9.84 Å². The van der Waals surface area contributed by atoms with E-state index in [0.717, 1.165) is 18.5 Å². The number of aromatic hydroxyl groups is 1. The molecular weight excluding hydrogens is 252 g/mol. The molecule has 3 N–H and O–H groups in total. The summed E-state index contributed by atoms with van der Waals surface area (Å²) in [5, 5.41) is 10.7. The summed E-state index contributed by atoms with van der Waals surface area (Å²) in [7, 11) is 3.55. The highest BCUT2D eigenvalue weighted by molar-refractivity contribution is 6.32. The number of benzene rings is 1. The molecule has 0 aliphatic carbocycles. The Kier molecular flexibility index (Phi) is 4.00. The highest BCUT2D eigenvalue weighted by atomic mass is 35.5. The van der Waals surface area contributed by atoms with E-state index in [-0.39, 0.29) is 11.8 Å². The van der Waals surface area contributed by atoms with Gasteiger partial charge in [0.25, 0.3) is 0 Å². The summed E-state index contributed by atoms with van der Waals surface area (Å²) in [5.74, 6) is 0.958. The number of likely N-dealkylation sites (tertiary alicyclic amines) is 1. The molecule has 0 radical (unpaired) electrons. The molecule has 1 aliphatic heterocycles. The van der Waals surface area contributed by atoms with Crippen molar-refractivity contribution in [1.82, 2.24) is 4.90 Å². The van der Waals surface area contributed by atoms with Crippen LogP contribution in [-0.2, 0) is 0 Å². The summed E-state index contributed by atoms with van der Waals surface area (Å²) >= 11 is 5.98. The Morgan fingerprint density at radius 3 is 2.83 bits per heavy atom.